The molecule has 0 spiro atoms. The molecular formula is C13H15NS. The van der Waals surface area contributed by atoms with Crippen LogP contribution in [0.1, 0.15) is 35.2 Å². The summed E-state index contributed by atoms with van der Waals surface area (Å²) in [4.78, 5) is 7.19. The molecule has 1 nitrogen and oxygen atoms in total. The molecule has 0 aliphatic heterocycles. The van der Waals surface area contributed by atoms with Crippen molar-refractivity contribution < 1.29 is 0 Å². The summed E-state index contributed by atoms with van der Waals surface area (Å²) in [6, 6.07) is 10.5. The molecule has 0 bridgehead atoms. The van der Waals surface area contributed by atoms with E-state index >= 15 is 0 Å². The van der Waals surface area contributed by atoms with E-state index in [4.69, 9.17) is 0 Å². The van der Waals surface area contributed by atoms with Gasteiger partial charge in [0.2, 0.25) is 0 Å². The molecule has 2 aromatic rings. The number of hydrogen-bond acceptors (Lipinski definition) is 2. The predicted molar refractivity (Wildman–Crippen MR) is 65.5 cm³/mol. The van der Waals surface area contributed by atoms with Crippen molar-refractivity contribution >= 4 is 11.3 Å². The molecule has 0 N–H and O–H groups in total. The van der Waals surface area contributed by atoms with Gasteiger partial charge in [0.25, 0.3) is 0 Å². The van der Waals surface area contributed by atoms with Gasteiger partial charge in [0.05, 0.1) is 0 Å². The van der Waals surface area contributed by atoms with Crippen LogP contribution in [0.15, 0.2) is 36.5 Å². The highest BCUT2D eigenvalue weighted by molar-refractivity contribution is 7.12. The number of thiophene rings is 1. The Morgan fingerprint density at radius 1 is 1.20 bits per heavy atom. The lowest BCUT2D eigenvalue weighted by atomic mass is 10.2. The van der Waals surface area contributed by atoms with E-state index in [-0.39, 0.29) is 0 Å². The molecule has 0 fully saturated rings. The van der Waals surface area contributed by atoms with Crippen molar-refractivity contribution in [3.8, 4) is 0 Å². The smallest absolute Gasteiger partial charge is 0.0455 e. The lowest BCUT2D eigenvalue weighted by Crippen LogP contribution is -1.87. The average Bonchev–Trinajstić information content (AvgIpc) is 2.68. The zero-order valence-corrected chi connectivity index (χ0v) is 9.92. The van der Waals surface area contributed by atoms with E-state index in [0.717, 1.165) is 12.1 Å². The minimum atomic E-state index is 0.632. The summed E-state index contributed by atoms with van der Waals surface area (Å²) in [7, 11) is 0. The third kappa shape index (κ3) is 2.66. The molecule has 2 aromatic heterocycles. The van der Waals surface area contributed by atoms with Gasteiger partial charge in [0, 0.05) is 28.1 Å². The minimum absolute atomic E-state index is 0.632. The fourth-order valence-electron chi connectivity index (χ4n) is 1.48. The molecule has 0 aliphatic carbocycles. The Bertz CT molecular complexity index is 417. The van der Waals surface area contributed by atoms with Gasteiger partial charge < -0.3 is 0 Å². The zero-order chi connectivity index (χ0) is 10.7. The molecule has 0 saturated carbocycles. The Kier molecular flexibility index (Phi) is 3.17. The van der Waals surface area contributed by atoms with Crippen LogP contribution in [0, 0.1) is 0 Å². The Labute approximate surface area is 94.8 Å². The molecule has 0 atom stereocenters. The fraction of sp³-hybridized carbons (Fsp3) is 0.308. The molecule has 2 heterocycles. The summed E-state index contributed by atoms with van der Waals surface area (Å²) >= 11 is 1.90. The second-order valence-electron chi connectivity index (χ2n) is 3.96. The third-order valence-electron chi connectivity index (χ3n) is 2.33. The Morgan fingerprint density at radius 2 is 2.07 bits per heavy atom. The van der Waals surface area contributed by atoms with Crippen LogP contribution in [-0.4, -0.2) is 4.98 Å². The van der Waals surface area contributed by atoms with E-state index in [1.165, 1.54) is 9.75 Å². The summed E-state index contributed by atoms with van der Waals surface area (Å²) in [6.45, 7) is 4.47. The topological polar surface area (TPSA) is 12.9 Å². The van der Waals surface area contributed by atoms with Gasteiger partial charge >= 0.3 is 0 Å². The molecular weight excluding hydrogens is 202 g/mol. The first-order valence-corrected chi connectivity index (χ1v) is 6.06. The van der Waals surface area contributed by atoms with Crippen LogP contribution >= 0.6 is 11.3 Å². The Balaban J connectivity index is 2.12. The second-order valence-corrected chi connectivity index (χ2v) is 5.16. The molecule has 15 heavy (non-hydrogen) atoms. The Morgan fingerprint density at radius 3 is 2.67 bits per heavy atom. The van der Waals surface area contributed by atoms with Crippen LogP contribution in [0.5, 0.6) is 0 Å². The monoisotopic (exact) mass is 217 g/mol. The van der Waals surface area contributed by atoms with Gasteiger partial charge in [-0.3, -0.25) is 4.98 Å². The average molecular weight is 217 g/mol. The normalized spacial score (nSPS) is 10.9. The maximum atomic E-state index is 4.33. The molecule has 0 aromatic carbocycles. The van der Waals surface area contributed by atoms with Crippen LogP contribution < -0.4 is 0 Å². The summed E-state index contributed by atoms with van der Waals surface area (Å²) in [5.74, 6) is 0.632. The lowest BCUT2D eigenvalue weighted by Gasteiger charge is -1.98. The maximum Gasteiger partial charge on any atom is 0.0455 e. The molecule has 0 amide bonds. The van der Waals surface area contributed by atoms with E-state index in [9.17, 15) is 0 Å². The second kappa shape index (κ2) is 4.58. The number of aromatic nitrogens is 1. The van der Waals surface area contributed by atoms with Gasteiger partial charge in [-0.15, -0.1) is 11.3 Å². The highest BCUT2D eigenvalue weighted by Gasteiger charge is 2.04. The Hall–Kier alpha value is -1.15. The quantitative estimate of drug-likeness (QED) is 0.760. The van der Waals surface area contributed by atoms with Crippen LogP contribution in [0.3, 0.4) is 0 Å². The van der Waals surface area contributed by atoms with Gasteiger partial charge in [-0.25, -0.2) is 0 Å². The number of nitrogens with zero attached hydrogens (tertiary/aromatic N) is 1. The molecule has 0 radical (unpaired) electrons. The molecule has 0 aliphatic rings. The molecule has 2 heteroatoms. The number of rotatable bonds is 3. The lowest BCUT2D eigenvalue weighted by molar-refractivity contribution is 0.890. The van der Waals surface area contributed by atoms with E-state index in [1.807, 2.05) is 29.7 Å². The van der Waals surface area contributed by atoms with Crippen molar-refractivity contribution in [3.05, 3.63) is 52.0 Å². The molecule has 0 saturated heterocycles. The van der Waals surface area contributed by atoms with Crippen molar-refractivity contribution in [1.82, 2.24) is 4.98 Å². The zero-order valence-electron chi connectivity index (χ0n) is 9.10. The van der Waals surface area contributed by atoms with Crippen LogP contribution in [0.25, 0.3) is 0 Å². The van der Waals surface area contributed by atoms with Crippen molar-refractivity contribution in [2.75, 3.05) is 0 Å². The molecule has 78 valence electrons. The van der Waals surface area contributed by atoms with Gasteiger partial charge in [-0.05, 0) is 30.2 Å². The highest BCUT2D eigenvalue weighted by Crippen LogP contribution is 2.25. The molecule has 2 rings (SSSR count). The first-order chi connectivity index (χ1) is 7.25. The fourth-order valence-corrected chi connectivity index (χ4v) is 2.51. The summed E-state index contributed by atoms with van der Waals surface area (Å²) in [5, 5.41) is 0. The van der Waals surface area contributed by atoms with Crippen LogP contribution in [0.4, 0.5) is 0 Å². The van der Waals surface area contributed by atoms with Crippen molar-refractivity contribution in [2.45, 2.75) is 26.2 Å². The summed E-state index contributed by atoms with van der Waals surface area (Å²) in [6.07, 6.45) is 2.81. The minimum Gasteiger partial charge on any atom is -0.261 e. The van der Waals surface area contributed by atoms with Gasteiger partial charge in [-0.1, -0.05) is 19.9 Å². The highest BCUT2D eigenvalue weighted by atomic mass is 32.1. The largest absolute Gasteiger partial charge is 0.261 e. The molecule has 0 unspecified atom stereocenters. The third-order valence-corrected chi connectivity index (χ3v) is 3.72. The standard InChI is InChI=1S/C13H15NS/c1-10(2)13-7-6-12(15-13)9-11-5-3-4-8-14-11/h3-8,10H,9H2,1-2H3. The number of hydrogen-bond donors (Lipinski definition) is 0. The van der Waals surface area contributed by atoms with E-state index in [0.29, 0.717) is 5.92 Å². The van der Waals surface area contributed by atoms with E-state index in [2.05, 4.69) is 37.0 Å². The maximum absolute atomic E-state index is 4.33. The SMILES string of the molecule is CC(C)c1ccc(Cc2ccccn2)s1. The van der Waals surface area contributed by atoms with Crippen molar-refractivity contribution in [3.63, 3.8) is 0 Å². The van der Waals surface area contributed by atoms with Gasteiger partial charge in [-0.2, -0.15) is 0 Å². The number of pyridine rings is 1. The summed E-state index contributed by atoms with van der Waals surface area (Å²) < 4.78 is 0. The van der Waals surface area contributed by atoms with E-state index < -0.39 is 0 Å². The van der Waals surface area contributed by atoms with E-state index in [1.54, 1.807) is 0 Å². The predicted octanol–water partition coefficient (Wildman–Crippen LogP) is 3.86. The van der Waals surface area contributed by atoms with Crippen molar-refractivity contribution in [1.29, 1.82) is 0 Å². The first-order valence-electron chi connectivity index (χ1n) is 5.24. The van der Waals surface area contributed by atoms with Crippen LogP contribution in [0.2, 0.25) is 0 Å². The van der Waals surface area contributed by atoms with Crippen LogP contribution in [-0.2, 0) is 6.42 Å². The first kappa shape index (κ1) is 10.4. The van der Waals surface area contributed by atoms with Crippen molar-refractivity contribution in [2.24, 2.45) is 0 Å². The van der Waals surface area contributed by atoms with Gasteiger partial charge in [0.15, 0.2) is 0 Å². The summed E-state index contributed by atoms with van der Waals surface area (Å²) in [5.41, 5.74) is 1.15. The van der Waals surface area contributed by atoms with Gasteiger partial charge in [0.1, 0.15) is 0 Å².